The summed E-state index contributed by atoms with van der Waals surface area (Å²) in [5.41, 5.74) is 1.21. The van der Waals surface area contributed by atoms with Gasteiger partial charge in [-0.15, -0.1) is 11.8 Å². The van der Waals surface area contributed by atoms with Crippen LogP contribution in [0.25, 0.3) is 0 Å². The van der Waals surface area contributed by atoms with E-state index in [9.17, 15) is 4.79 Å². The quantitative estimate of drug-likeness (QED) is 0.771. The van der Waals surface area contributed by atoms with Crippen molar-refractivity contribution in [1.29, 1.82) is 0 Å². The molecule has 7 rings (SSSR count). The largest absolute Gasteiger partial charge is 0.373 e. The first-order chi connectivity index (χ1) is 13.6. The van der Waals surface area contributed by atoms with Crippen molar-refractivity contribution < 1.29 is 9.53 Å². The summed E-state index contributed by atoms with van der Waals surface area (Å²) in [7, 11) is 0. The zero-order valence-electron chi connectivity index (χ0n) is 16.5. The molecule has 2 saturated heterocycles. The van der Waals surface area contributed by atoms with E-state index < -0.39 is 0 Å². The van der Waals surface area contributed by atoms with Crippen LogP contribution in [0.15, 0.2) is 24.5 Å². The number of nitrogens with zero attached hydrogens (tertiary/aromatic N) is 2. The number of pyridine rings is 1. The highest BCUT2D eigenvalue weighted by molar-refractivity contribution is 8.01. The zero-order chi connectivity index (χ0) is 18.8. The average molecular weight is 399 g/mol. The number of hydrogen-bond donors (Lipinski definition) is 0. The second-order valence-corrected chi connectivity index (χ2v) is 11.8. The highest BCUT2D eigenvalue weighted by atomic mass is 32.2. The van der Waals surface area contributed by atoms with Gasteiger partial charge in [0.05, 0.1) is 22.9 Å². The van der Waals surface area contributed by atoms with Crippen LogP contribution in [0.4, 0.5) is 0 Å². The molecule has 2 aliphatic heterocycles. The predicted molar refractivity (Wildman–Crippen MR) is 110 cm³/mol. The second-order valence-electron chi connectivity index (χ2n) is 10.3. The Balaban J connectivity index is 1.05. The van der Waals surface area contributed by atoms with Crippen LogP contribution in [-0.4, -0.2) is 45.5 Å². The van der Waals surface area contributed by atoms with Crippen LogP contribution in [0.3, 0.4) is 0 Å². The number of hydrogen-bond acceptors (Lipinski definition) is 4. The Bertz CT molecular complexity index is 726. The van der Waals surface area contributed by atoms with Crippen LogP contribution in [0.1, 0.15) is 50.5 Å². The lowest BCUT2D eigenvalue weighted by Gasteiger charge is -2.59. The van der Waals surface area contributed by atoms with Crippen molar-refractivity contribution in [2.45, 2.75) is 62.4 Å². The Morgan fingerprint density at radius 2 is 1.71 bits per heavy atom. The third kappa shape index (κ3) is 2.92. The van der Waals surface area contributed by atoms with Gasteiger partial charge in [0, 0.05) is 31.2 Å². The molecule has 1 aromatic rings. The summed E-state index contributed by atoms with van der Waals surface area (Å²) in [6, 6.07) is 4.04. The normalized spacial score (nSPS) is 40.1. The number of likely N-dealkylation sites (tertiary alicyclic amines) is 1. The smallest absolute Gasteiger partial charge is 0.228 e. The highest BCUT2D eigenvalue weighted by Crippen LogP contribution is 2.61. The van der Waals surface area contributed by atoms with Crippen molar-refractivity contribution >= 4 is 17.7 Å². The molecule has 4 bridgehead atoms. The molecule has 6 aliphatic rings. The molecule has 0 radical (unpaired) electrons. The van der Waals surface area contributed by atoms with Gasteiger partial charge >= 0.3 is 0 Å². The number of ether oxygens (including phenoxy) is 1. The minimum Gasteiger partial charge on any atom is -0.373 e. The predicted octanol–water partition coefficient (Wildman–Crippen LogP) is 3.90. The van der Waals surface area contributed by atoms with Crippen molar-refractivity contribution in [2.24, 2.45) is 23.2 Å². The van der Waals surface area contributed by atoms with E-state index in [4.69, 9.17) is 4.74 Å². The summed E-state index contributed by atoms with van der Waals surface area (Å²) in [6.45, 7) is 2.57. The maximum absolute atomic E-state index is 13.5. The third-order valence-corrected chi connectivity index (χ3v) is 9.72. The number of thioether (sulfide) groups is 1. The van der Waals surface area contributed by atoms with Crippen molar-refractivity contribution in [1.82, 2.24) is 9.88 Å². The minimum atomic E-state index is 0.0247. The van der Waals surface area contributed by atoms with Crippen LogP contribution in [-0.2, 0) is 16.1 Å². The van der Waals surface area contributed by atoms with Gasteiger partial charge in [-0.1, -0.05) is 0 Å². The first-order valence-electron chi connectivity index (χ1n) is 11.1. The van der Waals surface area contributed by atoms with Crippen molar-refractivity contribution in [3.63, 3.8) is 0 Å². The fraction of sp³-hybridized carbons (Fsp3) is 0.739. The minimum absolute atomic E-state index is 0.0247. The van der Waals surface area contributed by atoms with Gasteiger partial charge in [0.25, 0.3) is 0 Å². The summed E-state index contributed by atoms with van der Waals surface area (Å²) in [5, 5.41) is 0. The molecular formula is C23H30N2O2S. The number of carbonyl (C=O) groups excluding carboxylic acids is 1. The molecule has 1 unspecified atom stereocenters. The van der Waals surface area contributed by atoms with E-state index in [1.54, 1.807) is 0 Å². The average Bonchev–Trinajstić information content (AvgIpc) is 3.09. The van der Waals surface area contributed by atoms with Crippen LogP contribution >= 0.6 is 11.8 Å². The fourth-order valence-electron chi connectivity index (χ4n) is 7.32. The van der Waals surface area contributed by atoms with E-state index in [0.29, 0.717) is 18.6 Å². The van der Waals surface area contributed by atoms with Crippen molar-refractivity contribution in [3.8, 4) is 0 Å². The summed E-state index contributed by atoms with van der Waals surface area (Å²) in [6.07, 6.45) is 12.8. The third-order valence-electron chi connectivity index (χ3n) is 8.15. The number of aromatic nitrogens is 1. The molecule has 150 valence electrons. The molecule has 4 saturated carbocycles. The molecular weight excluding hydrogens is 368 g/mol. The summed E-state index contributed by atoms with van der Waals surface area (Å²) < 4.78 is 6.43. The lowest BCUT2D eigenvalue weighted by molar-refractivity contribution is -0.163. The molecule has 3 heterocycles. The summed E-state index contributed by atoms with van der Waals surface area (Å²) in [4.78, 5) is 19.8. The molecule has 1 spiro atoms. The molecule has 5 heteroatoms. The zero-order valence-corrected chi connectivity index (χ0v) is 17.3. The molecule has 1 amide bonds. The van der Waals surface area contributed by atoms with Crippen LogP contribution < -0.4 is 0 Å². The first kappa shape index (κ1) is 17.8. The van der Waals surface area contributed by atoms with Gasteiger partial charge in [0.2, 0.25) is 5.91 Å². The van der Waals surface area contributed by atoms with Crippen LogP contribution in [0.2, 0.25) is 0 Å². The highest BCUT2D eigenvalue weighted by Gasteiger charge is 2.59. The van der Waals surface area contributed by atoms with Gasteiger partial charge in [0.15, 0.2) is 0 Å². The standard InChI is InChI=1S/C23H30N2O2S/c26-21(22-8-17-5-18(9-22)7-19(6-17)10-22)25-14-23(15-25)11-20(13-28-23)27-12-16-1-3-24-4-2-16/h1-4,17-20H,5-15H2. The Kier molecular flexibility index (Phi) is 4.10. The SMILES string of the molecule is O=C(N1CC2(CC(OCc3ccncc3)CS2)C1)C12CC3CC(CC(C3)C1)C2. The molecule has 0 aromatic carbocycles. The van der Waals surface area contributed by atoms with Gasteiger partial charge in [-0.2, -0.15) is 0 Å². The van der Waals surface area contributed by atoms with E-state index in [1.807, 2.05) is 36.3 Å². The molecule has 6 fully saturated rings. The topological polar surface area (TPSA) is 42.4 Å². The van der Waals surface area contributed by atoms with E-state index in [-0.39, 0.29) is 10.2 Å². The van der Waals surface area contributed by atoms with E-state index in [2.05, 4.69) is 9.88 Å². The maximum Gasteiger partial charge on any atom is 0.228 e. The van der Waals surface area contributed by atoms with Crippen LogP contribution in [0, 0.1) is 23.2 Å². The van der Waals surface area contributed by atoms with Crippen molar-refractivity contribution in [3.05, 3.63) is 30.1 Å². The van der Waals surface area contributed by atoms with Gasteiger partial charge in [-0.05, 0) is 80.4 Å². The first-order valence-corrected chi connectivity index (χ1v) is 12.0. The summed E-state index contributed by atoms with van der Waals surface area (Å²) in [5.74, 6) is 4.11. The lowest BCUT2D eigenvalue weighted by Crippen LogP contribution is -2.65. The van der Waals surface area contributed by atoms with E-state index in [1.165, 1.54) is 44.1 Å². The molecule has 1 aromatic heterocycles. The number of rotatable bonds is 4. The number of carbonyl (C=O) groups is 1. The van der Waals surface area contributed by atoms with Crippen molar-refractivity contribution in [2.75, 3.05) is 18.8 Å². The lowest BCUT2D eigenvalue weighted by atomic mass is 9.49. The molecule has 0 N–H and O–H groups in total. The Morgan fingerprint density at radius 1 is 1.07 bits per heavy atom. The summed E-state index contributed by atoms with van der Waals surface area (Å²) >= 11 is 2.04. The molecule has 4 nitrogen and oxygen atoms in total. The molecule has 1 atom stereocenters. The Hall–Kier alpha value is -1.07. The van der Waals surface area contributed by atoms with Gasteiger partial charge < -0.3 is 9.64 Å². The van der Waals surface area contributed by atoms with E-state index in [0.717, 1.165) is 43.0 Å². The molecule has 4 aliphatic carbocycles. The monoisotopic (exact) mass is 398 g/mol. The number of amides is 1. The maximum atomic E-state index is 13.5. The second kappa shape index (κ2) is 6.46. The molecule has 28 heavy (non-hydrogen) atoms. The van der Waals surface area contributed by atoms with Gasteiger partial charge in [-0.25, -0.2) is 0 Å². The van der Waals surface area contributed by atoms with Gasteiger partial charge in [0.1, 0.15) is 0 Å². The van der Waals surface area contributed by atoms with Gasteiger partial charge in [-0.3, -0.25) is 9.78 Å². The van der Waals surface area contributed by atoms with Crippen LogP contribution in [0.5, 0.6) is 0 Å². The Labute approximate surface area is 171 Å². The van der Waals surface area contributed by atoms with E-state index >= 15 is 0 Å². The Morgan fingerprint density at radius 3 is 2.36 bits per heavy atom. The fourth-order valence-corrected chi connectivity index (χ4v) is 8.88.